The molecule has 18 heavy (non-hydrogen) atoms. The van der Waals surface area contributed by atoms with Gasteiger partial charge in [-0.15, -0.1) is 11.3 Å². The van der Waals surface area contributed by atoms with E-state index in [0.717, 1.165) is 0 Å². The van der Waals surface area contributed by atoms with Crippen LogP contribution in [0.1, 0.15) is 18.7 Å². The molecule has 7 heteroatoms. The lowest BCUT2D eigenvalue weighted by molar-refractivity contribution is 0.135. The van der Waals surface area contributed by atoms with Crippen LogP contribution in [-0.4, -0.2) is 44.1 Å². The van der Waals surface area contributed by atoms with E-state index in [2.05, 4.69) is 0 Å². The predicted octanol–water partition coefficient (Wildman–Crippen LogP) is 1.29. The fourth-order valence-electron chi connectivity index (χ4n) is 1.57. The Hall–Kier alpha value is -0.470. The van der Waals surface area contributed by atoms with Crippen molar-refractivity contribution in [2.24, 2.45) is 0 Å². The number of hydrogen-bond acceptors (Lipinski definition) is 5. The van der Waals surface area contributed by atoms with Gasteiger partial charge in [0.2, 0.25) is 10.0 Å². The molecule has 0 radical (unpaired) electrons. The molecule has 0 fully saturated rings. The van der Waals surface area contributed by atoms with Crippen LogP contribution in [0.5, 0.6) is 0 Å². The van der Waals surface area contributed by atoms with E-state index in [-0.39, 0.29) is 11.5 Å². The molecule has 1 aromatic heterocycles. The zero-order chi connectivity index (χ0) is 13.6. The Balaban J connectivity index is 2.89. The zero-order valence-electron chi connectivity index (χ0n) is 10.6. The maximum absolute atomic E-state index is 12.4. The summed E-state index contributed by atoms with van der Waals surface area (Å²) in [6, 6.07) is 1.54. The monoisotopic (exact) mass is 293 g/mol. The number of ether oxygens (including phenoxy) is 1. The second-order valence-electron chi connectivity index (χ2n) is 3.56. The SMILES string of the molecule is CCOCCN(CC)S(=O)(=O)c1ccsc1CO. The first-order valence-electron chi connectivity index (χ1n) is 5.83. The number of sulfonamides is 1. The highest BCUT2D eigenvalue weighted by molar-refractivity contribution is 7.89. The fourth-order valence-corrected chi connectivity index (χ4v) is 4.27. The Kier molecular flexibility index (Phi) is 6.24. The summed E-state index contributed by atoms with van der Waals surface area (Å²) >= 11 is 1.25. The summed E-state index contributed by atoms with van der Waals surface area (Å²) in [6.45, 7) is 5.06. The lowest BCUT2D eigenvalue weighted by Gasteiger charge is -2.20. The van der Waals surface area contributed by atoms with E-state index >= 15 is 0 Å². The molecule has 0 atom stereocenters. The van der Waals surface area contributed by atoms with Crippen LogP contribution in [0.3, 0.4) is 0 Å². The minimum Gasteiger partial charge on any atom is -0.391 e. The fraction of sp³-hybridized carbons (Fsp3) is 0.636. The van der Waals surface area contributed by atoms with Crippen LogP contribution < -0.4 is 0 Å². The van der Waals surface area contributed by atoms with Crippen molar-refractivity contribution in [2.75, 3.05) is 26.3 Å². The summed E-state index contributed by atoms with van der Waals surface area (Å²) in [7, 11) is -3.53. The van der Waals surface area contributed by atoms with Crippen molar-refractivity contribution in [3.63, 3.8) is 0 Å². The Morgan fingerprint density at radius 2 is 2.17 bits per heavy atom. The van der Waals surface area contributed by atoms with Crippen LogP contribution in [0.4, 0.5) is 0 Å². The minimum atomic E-state index is -3.53. The van der Waals surface area contributed by atoms with E-state index in [4.69, 9.17) is 9.84 Å². The molecule has 1 N–H and O–H groups in total. The Morgan fingerprint density at radius 3 is 2.72 bits per heavy atom. The Morgan fingerprint density at radius 1 is 1.44 bits per heavy atom. The highest BCUT2D eigenvalue weighted by Crippen LogP contribution is 2.24. The van der Waals surface area contributed by atoms with E-state index in [9.17, 15) is 8.42 Å². The van der Waals surface area contributed by atoms with E-state index < -0.39 is 10.0 Å². The van der Waals surface area contributed by atoms with Gasteiger partial charge in [0.05, 0.1) is 18.1 Å². The van der Waals surface area contributed by atoms with Gasteiger partial charge in [0.15, 0.2) is 0 Å². The van der Waals surface area contributed by atoms with Crippen LogP contribution in [0.2, 0.25) is 0 Å². The van der Waals surface area contributed by atoms with Gasteiger partial charge in [-0.25, -0.2) is 8.42 Å². The number of likely N-dealkylation sites (N-methyl/N-ethyl adjacent to an activating group) is 1. The summed E-state index contributed by atoms with van der Waals surface area (Å²) < 4.78 is 31.3. The lowest BCUT2D eigenvalue weighted by Crippen LogP contribution is -2.34. The third-order valence-corrected chi connectivity index (χ3v) is 5.60. The zero-order valence-corrected chi connectivity index (χ0v) is 12.3. The quantitative estimate of drug-likeness (QED) is 0.733. The van der Waals surface area contributed by atoms with Gasteiger partial charge in [-0.3, -0.25) is 0 Å². The van der Waals surface area contributed by atoms with Gasteiger partial charge < -0.3 is 9.84 Å². The maximum Gasteiger partial charge on any atom is 0.244 e. The van der Waals surface area contributed by atoms with Gasteiger partial charge >= 0.3 is 0 Å². The Bertz CT molecular complexity index is 455. The Labute approximate surface area is 112 Å². The van der Waals surface area contributed by atoms with Crippen molar-refractivity contribution in [3.05, 3.63) is 16.3 Å². The summed E-state index contributed by atoms with van der Waals surface area (Å²) in [5, 5.41) is 10.8. The molecule has 0 amide bonds. The summed E-state index contributed by atoms with van der Waals surface area (Å²) in [6.07, 6.45) is 0. The molecule has 1 aromatic rings. The number of thiophene rings is 1. The summed E-state index contributed by atoms with van der Waals surface area (Å²) in [5.41, 5.74) is 0. The average Bonchev–Trinajstić information content (AvgIpc) is 2.83. The molecule has 0 aromatic carbocycles. The molecule has 0 spiro atoms. The predicted molar refractivity (Wildman–Crippen MR) is 71.2 cm³/mol. The molecule has 0 unspecified atom stereocenters. The summed E-state index contributed by atoms with van der Waals surface area (Å²) in [4.78, 5) is 0.679. The van der Waals surface area contributed by atoms with Crippen molar-refractivity contribution >= 4 is 21.4 Å². The number of aliphatic hydroxyl groups excluding tert-OH is 1. The third-order valence-electron chi connectivity index (χ3n) is 2.51. The molecule has 1 rings (SSSR count). The average molecular weight is 293 g/mol. The van der Waals surface area contributed by atoms with Crippen molar-refractivity contribution in [3.8, 4) is 0 Å². The van der Waals surface area contributed by atoms with Crippen LogP contribution in [0.15, 0.2) is 16.3 Å². The first-order valence-corrected chi connectivity index (χ1v) is 8.15. The molecule has 104 valence electrons. The van der Waals surface area contributed by atoms with Crippen LogP contribution in [0, 0.1) is 0 Å². The molecule has 1 heterocycles. The van der Waals surface area contributed by atoms with Crippen molar-refractivity contribution in [1.29, 1.82) is 0 Å². The molecule has 0 bridgehead atoms. The first-order chi connectivity index (χ1) is 8.57. The highest BCUT2D eigenvalue weighted by Gasteiger charge is 2.26. The van der Waals surface area contributed by atoms with E-state index in [0.29, 0.717) is 31.2 Å². The maximum atomic E-state index is 12.4. The number of rotatable bonds is 8. The van der Waals surface area contributed by atoms with Crippen LogP contribution in [-0.2, 0) is 21.4 Å². The van der Waals surface area contributed by atoms with Crippen molar-refractivity contribution < 1.29 is 18.3 Å². The molecule has 0 aliphatic carbocycles. The lowest BCUT2D eigenvalue weighted by atomic mass is 10.5. The molecule has 0 saturated carbocycles. The normalized spacial score (nSPS) is 12.2. The second-order valence-corrected chi connectivity index (χ2v) is 6.47. The van der Waals surface area contributed by atoms with Gasteiger partial charge in [0, 0.05) is 24.6 Å². The topological polar surface area (TPSA) is 66.8 Å². The second kappa shape index (κ2) is 7.20. The molecule has 0 aliphatic heterocycles. The molecular weight excluding hydrogens is 274 g/mol. The first kappa shape index (κ1) is 15.6. The van der Waals surface area contributed by atoms with Gasteiger partial charge in [0.1, 0.15) is 0 Å². The number of nitrogens with zero attached hydrogens (tertiary/aromatic N) is 1. The van der Waals surface area contributed by atoms with E-state index in [1.807, 2.05) is 6.92 Å². The van der Waals surface area contributed by atoms with Crippen LogP contribution >= 0.6 is 11.3 Å². The van der Waals surface area contributed by atoms with Gasteiger partial charge in [0.25, 0.3) is 0 Å². The van der Waals surface area contributed by atoms with Gasteiger partial charge in [-0.05, 0) is 18.4 Å². The van der Waals surface area contributed by atoms with E-state index in [1.54, 1.807) is 12.3 Å². The highest BCUT2D eigenvalue weighted by atomic mass is 32.2. The number of hydrogen-bond donors (Lipinski definition) is 1. The molecular formula is C11H19NO4S2. The standard InChI is InChI=1S/C11H19NO4S2/c1-3-12(6-7-16-4-2)18(14,15)11-5-8-17-10(11)9-13/h5,8,13H,3-4,6-7,9H2,1-2H3. The summed E-state index contributed by atoms with van der Waals surface area (Å²) in [5.74, 6) is 0. The van der Waals surface area contributed by atoms with Crippen molar-refractivity contribution in [2.45, 2.75) is 25.3 Å². The largest absolute Gasteiger partial charge is 0.391 e. The van der Waals surface area contributed by atoms with E-state index in [1.165, 1.54) is 21.7 Å². The van der Waals surface area contributed by atoms with Crippen molar-refractivity contribution in [1.82, 2.24) is 4.31 Å². The van der Waals surface area contributed by atoms with Gasteiger partial charge in [-0.2, -0.15) is 4.31 Å². The molecule has 0 saturated heterocycles. The smallest absolute Gasteiger partial charge is 0.244 e. The minimum absolute atomic E-state index is 0.202. The molecule has 5 nitrogen and oxygen atoms in total. The third kappa shape index (κ3) is 3.52. The van der Waals surface area contributed by atoms with Gasteiger partial charge in [-0.1, -0.05) is 6.92 Å². The molecule has 0 aliphatic rings. The number of aliphatic hydroxyl groups is 1. The van der Waals surface area contributed by atoms with Crippen LogP contribution in [0.25, 0.3) is 0 Å².